The summed E-state index contributed by atoms with van der Waals surface area (Å²) in [5.41, 5.74) is 3.12. The minimum Gasteiger partial charge on any atom is -0.360 e. The summed E-state index contributed by atoms with van der Waals surface area (Å²) in [4.78, 5) is 16.7. The van der Waals surface area contributed by atoms with Crippen molar-refractivity contribution in [2.24, 2.45) is 0 Å². The van der Waals surface area contributed by atoms with Crippen LogP contribution in [0.5, 0.6) is 0 Å². The molecule has 0 saturated carbocycles. The second-order valence-corrected chi connectivity index (χ2v) is 5.40. The number of hydrogen-bond donors (Lipinski definition) is 1. The molecule has 0 radical (unpaired) electrons. The molecule has 0 aliphatic heterocycles. The van der Waals surface area contributed by atoms with E-state index < -0.39 is 0 Å². The molecule has 1 amide bonds. The lowest BCUT2D eigenvalue weighted by atomic mass is 10.1. The maximum atomic E-state index is 12.2. The largest absolute Gasteiger partial charge is 0.360 e. The number of anilines is 1. The number of nitrogens with zero attached hydrogens (tertiary/aromatic N) is 2. The highest BCUT2D eigenvalue weighted by atomic mass is 32.1. The summed E-state index contributed by atoms with van der Waals surface area (Å²) in [7, 11) is 0. The topological polar surface area (TPSA) is 68.0 Å². The number of rotatable bonds is 3. The number of hydrogen-bond acceptors (Lipinski definition) is 5. The number of carbonyl (C=O) groups excluding carboxylic acids is 1. The minimum atomic E-state index is -0.245. The normalized spacial score (nSPS) is 10.6. The van der Waals surface area contributed by atoms with Gasteiger partial charge in [-0.15, -0.1) is 0 Å². The van der Waals surface area contributed by atoms with Crippen molar-refractivity contribution in [2.45, 2.75) is 13.8 Å². The van der Waals surface area contributed by atoms with Crippen molar-refractivity contribution in [2.75, 3.05) is 5.32 Å². The SMILES string of the molecule is Cc1cc(NC(=O)c2ccc(-c3ccsc3)nc2C)no1. The van der Waals surface area contributed by atoms with E-state index in [2.05, 4.69) is 15.5 Å². The van der Waals surface area contributed by atoms with Crippen molar-refractivity contribution >= 4 is 23.1 Å². The Morgan fingerprint density at radius 3 is 2.76 bits per heavy atom. The van der Waals surface area contributed by atoms with E-state index in [1.54, 1.807) is 30.4 Å². The fourth-order valence-corrected chi connectivity index (χ4v) is 2.63. The average molecular weight is 299 g/mol. The third kappa shape index (κ3) is 2.85. The van der Waals surface area contributed by atoms with Crippen LogP contribution in [0.4, 0.5) is 5.82 Å². The van der Waals surface area contributed by atoms with E-state index in [1.165, 1.54) is 0 Å². The fraction of sp³-hybridized carbons (Fsp3) is 0.133. The Morgan fingerprint density at radius 2 is 2.14 bits per heavy atom. The van der Waals surface area contributed by atoms with Gasteiger partial charge in [-0.05, 0) is 37.4 Å². The first-order valence-electron chi connectivity index (χ1n) is 6.38. The maximum Gasteiger partial charge on any atom is 0.258 e. The quantitative estimate of drug-likeness (QED) is 0.801. The number of aryl methyl sites for hydroxylation is 2. The molecule has 3 rings (SSSR count). The van der Waals surface area contributed by atoms with Crippen LogP contribution in [-0.2, 0) is 0 Å². The molecule has 21 heavy (non-hydrogen) atoms. The molecule has 0 bridgehead atoms. The van der Waals surface area contributed by atoms with Crippen LogP contribution in [0.1, 0.15) is 21.8 Å². The number of pyridine rings is 1. The fourth-order valence-electron chi connectivity index (χ4n) is 1.98. The molecule has 0 atom stereocenters. The highest BCUT2D eigenvalue weighted by Gasteiger charge is 2.13. The molecule has 0 aliphatic rings. The third-order valence-corrected chi connectivity index (χ3v) is 3.70. The summed E-state index contributed by atoms with van der Waals surface area (Å²) < 4.78 is 4.92. The molecule has 0 unspecified atom stereocenters. The average Bonchev–Trinajstić information content (AvgIpc) is 3.10. The van der Waals surface area contributed by atoms with Crippen LogP contribution in [0.25, 0.3) is 11.3 Å². The van der Waals surface area contributed by atoms with Gasteiger partial charge in [-0.1, -0.05) is 5.16 Å². The van der Waals surface area contributed by atoms with Crippen molar-refractivity contribution in [1.82, 2.24) is 10.1 Å². The second kappa shape index (κ2) is 5.49. The second-order valence-electron chi connectivity index (χ2n) is 4.62. The number of carbonyl (C=O) groups is 1. The Kier molecular flexibility index (Phi) is 3.53. The lowest BCUT2D eigenvalue weighted by Gasteiger charge is -2.06. The minimum absolute atomic E-state index is 0.245. The van der Waals surface area contributed by atoms with Gasteiger partial charge in [-0.25, -0.2) is 0 Å². The van der Waals surface area contributed by atoms with E-state index >= 15 is 0 Å². The smallest absolute Gasteiger partial charge is 0.258 e. The Morgan fingerprint density at radius 1 is 1.29 bits per heavy atom. The molecule has 0 fully saturated rings. The van der Waals surface area contributed by atoms with Crippen LogP contribution < -0.4 is 5.32 Å². The Labute approximate surface area is 125 Å². The van der Waals surface area contributed by atoms with Crippen LogP contribution in [0, 0.1) is 13.8 Å². The summed E-state index contributed by atoms with van der Waals surface area (Å²) in [6.07, 6.45) is 0. The Balaban J connectivity index is 1.84. The van der Waals surface area contributed by atoms with Crippen molar-refractivity contribution in [3.63, 3.8) is 0 Å². The van der Waals surface area contributed by atoms with E-state index in [0.717, 1.165) is 11.3 Å². The maximum absolute atomic E-state index is 12.2. The molecule has 3 aromatic heterocycles. The number of aromatic nitrogens is 2. The predicted molar refractivity (Wildman–Crippen MR) is 81.5 cm³/mol. The van der Waals surface area contributed by atoms with Gasteiger partial charge in [0.15, 0.2) is 5.82 Å². The van der Waals surface area contributed by atoms with Crippen LogP contribution >= 0.6 is 11.3 Å². The van der Waals surface area contributed by atoms with E-state index in [9.17, 15) is 4.79 Å². The van der Waals surface area contributed by atoms with Gasteiger partial charge < -0.3 is 9.84 Å². The molecule has 106 valence electrons. The zero-order valence-corrected chi connectivity index (χ0v) is 12.4. The highest BCUT2D eigenvalue weighted by molar-refractivity contribution is 7.08. The van der Waals surface area contributed by atoms with E-state index in [-0.39, 0.29) is 5.91 Å². The van der Waals surface area contributed by atoms with Gasteiger partial charge in [-0.3, -0.25) is 9.78 Å². The first kappa shape index (κ1) is 13.5. The molecule has 3 heterocycles. The van der Waals surface area contributed by atoms with Crippen molar-refractivity contribution in [3.05, 3.63) is 52.0 Å². The summed E-state index contributed by atoms with van der Waals surface area (Å²) >= 11 is 1.62. The lowest BCUT2D eigenvalue weighted by molar-refractivity contribution is 0.102. The summed E-state index contributed by atoms with van der Waals surface area (Å²) in [5, 5.41) is 10.5. The zero-order chi connectivity index (χ0) is 14.8. The standard InChI is InChI=1S/C15H13N3O2S/c1-9-7-14(18-20-9)17-15(19)12-3-4-13(16-10(12)2)11-5-6-21-8-11/h3-8H,1-2H3,(H,17,18,19). The first-order valence-corrected chi connectivity index (χ1v) is 7.32. The number of amides is 1. The molecule has 0 saturated heterocycles. The van der Waals surface area contributed by atoms with Crippen LogP contribution in [0.2, 0.25) is 0 Å². The van der Waals surface area contributed by atoms with E-state index in [4.69, 9.17) is 4.52 Å². The monoisotopic (exact) mass is 299 g/mol. The van der Waals surface area contributed by atoms with Crippen molar-refractivity contribution in [3.8, 4) is 11.3 Å². The first-order chi connectivity index (χ1) is 10.1. The Hall–Kier alpha value is -2.47. The lowest BCUT2D eigenvalue weighted by Crippen LogP contribution is -2.14. The van der Waals surface area contributed by atoms with Gasteiger partial charge in [0.1, 0.15) is 5.76 Å². The van der Waals surface area contributed by atoms with Crippen molar-refractivity contribution in [1.29, 1.82) is 0 Å². The molecule has 0 aliphatic carbocycles. The Bertz CT molecular complexity index is 778. The van der Waals surface area contributed by atoms with Crippen LogP contribution in [0.15, 0.2) is 39.5 Å². The predicted octanol–water partition coefficient (Wildman–Crippen LogP) is 3.67. The summed E-state index contributed by atoms with van der Waals surface area (Å²) in [6, 6.07) is 7.29. The van der Waals surface area contributed by atoms with Crippen LogP contribution in [-0.4, -0.2) is 16.0 Å². The summed E-state index contributed by atoms with van der Waals surface area (Å²) in [6.45, 7) is 3.59. The van der Waals surface area contributed by atoms with Gasteiger partial charge in [0.25, 0.3) is 5.91 Å². The molecule has 0 spiro atoms. The van der Waals surface area contributed by atoms with Gasteiger partial charge in [0, 0.05) is 17.0 Å². The van der Waals surface area contributed by atoms with Crippen LogP contribution in [0.3, 0.4) is 0 Å². The zero-order valence-electron chi connectivity index (χ0n) is 11.6. The third-order valence-electron chi connectivity index (χ3n) is 3.02. The molecule has 6 heteroatoms. The van der Waals surface area contributed by atoms with Crippen molar-refractivity contribution < 1.29 is 9.32 Å². The van der Waals surface area contributed by atoms with Gasteiger partial charge in [0.05, 0.1) is 17.0 Å². The number of nitrogens with one attached hydrogen (secondary N) is 1. The molecule has 1 N–H and O–H groups in total. The molecular weight excluding hydrogens is 286 g/mol. The number of thiophene rings is 1. The molecular formula is C15H13N3O2S. The van der Waals surface area contributed by atoms with E-state index in [0.29, 0.717) is 22.8 Å². The van der Waals surface area contributed by atoms with Gasteiger partial charge in [0.2, 0.25) is 0 Å². The highest BCUT2D eigenvalue weighted by Crippen LogP contribution is 2.22. The van der Waals surface area contributed by atoms with E-state index in [1.807, 2.05) is 29.8 Å². The molecule has 5 nitrogen and oxygen atoms in total. The van der Waals surface area contributed by atoms with Gasteiger partial charge >= 0.3 is 0 Å². The van der Waals surface area contributed by atoms with Gasteiger partial charge in [-0.2, -0.15) is 11.3 Å². The molecule has 3 aromatic rings. The molecule has 0 aromatic carbocycles. The summed E-state index contributed by atoms with van der Waals surface area (Å²) in [5.74, 6) is 0.803.